The highest BCUT2D eigenvalue weighted by Crippen LogP contribution is 2.45. The van der Waals surface area contributed by atoms with Gasteiger partial charge in [0.05, 0.1) is 44.3 Å². The lowest BCUT2D eigenvalue weighted by Crippen LogP contribution is -2.29. The van der Waals surface area contributed by atoms with E-state index in [1.54, 1.807) is 25.4 Å². The highest BCUT2D eigenvalue weighted by atomic mass is 16.5. The highest BCUT2D eigenvalue weighted by molar-refractivity contribution is 5.78. The molecule has 0 saturated carbocycles. The van der Waals surface area contributed by atoms with E-state index in [4.69, 9.17) is 18.6 Å². The van der Waals surface area contributed by atoms with E-state index in [-0.39, 0.29) is 35.2 Å². The molecule has 10 heteroatoms. The third kappa shape index (κ3) is 5.23. The van der Waals surface area contributed by atoms with Crippen LogP contribution in [0.4, 0.5) is 0 Å². The van der Waals surface area contributed by atoms with Gasteiger partial charge in [-0.25, -0.2) is 9.78 Å². The summed E-state index contributed by atoms with van der Waals surface area (Å²) in [6, 6.07) is 12.4. The molecule has 0 aliphatic heterocycles. The molecular weight excluding hydrogens is 478 g/mol. The van der Waals surface area contributed by atoms with E-state index in [0.717, 1.165) is 11.0 Å². The predicted molar refractivity (Wildman–Crippen MR) is 137 cm³/mol. The summed E-state index contributed by atoms with van der Waals surface area (Å²) in [6.45, 7) is 2.40. The minimum Gasteiger partial charge on any atom is -0.507 e. The van der Waals surface area contributed by atoms with Crippen molar-refractivity contribution in [2.45, 2.75) is 25.8 Å². The fourth-order valence-electron chi connectivity index (χ4n) is 4.45. The summed E-state index contributed by atoms with van der Waals surface area (Å²) in [4.78, 5) is 30.3. The third-order valence-electron chi connectivity index (χ3n) is 6.14. The molecular formula is C27H29N3O7. The third-order valence-corrected chi connectivity index (χ3v) is 6.14. The lowest BCUT2D eigenvalue weighted by molar-refractivity contribution is -0.121. The first kappa shape index (κ1) is 25.6. The van der Waals surface area contributed by atoms with Crippen molar-refractivity contribution in [1.29, 1.82) is 0 Å². The summed E-state index contributed by atoms with van der Waals surface area (Å²) in [5.74, 6) is -0.236. The van der Waals surface area contributed by atoms with Gasteiger partial charge in [-0.3, -0.25) is 4.79 Å². The van der Waals surface area contributed by atoms with Crippen molar-refractivity contribution >= 4 is 16.9 Å². The first-order valence-electron chi connectivity index (χ1n) is 11.7. The number of rotatable bonds is 10. The molecule has 0 aliphatic rings. The van der Waals surface area contributed by atoms with E-state index < -0.39 is 11.5 Å². The van der Waals surface area contributed by atoms with Crippen molar-refractivity contribution in [1.82, 2.24) is 14.9 Å². The molecule has 0 spiro atoms. The average molecular weight is 508 g/mol. The molecule has 4 rings (SSSR count). The Morgan fingerprint density at radius 3 is 2.57 bits per heavy atom. The van der Waals surface area contributed by atoms with Gasteiger partial charge in [0.2, 0.25) is 11.7 Å². The van der Waals surface area contributed by atoms with Crippen molar-refractivity contribution in [3.63, 3.8) is 0 Å². The van der Waals surface area contributed by atoms with Crippen LogP contribution < -0.4 is 25.2 Å². The summed E-state index contributed by atoms with van der Waals surface area (Å²) in [7, 11) is 4.40. The molecule has 37 heavy (non-hydrogen) atoms. The molecule has 194 valence electrons. The van der Waals surface area contributed by atoms with Crippen molar-refractivity contribution in [2.75, 3.05) is 27.9 Å². The smallest absolute Gasteiger partial charge is 0.343 e. The molecule has 2 aromatic heterocycles. The zero-order valence-corrected chi connectivity index (χ0v) is 21.1. The Balaban J connectivity index is 1.64. The Labute approximate surface area is 213 Å². The van der Waals surface area contributed by atoms with E-state index in [0.29, 0.717) is 30.2 Å². The molecule has 2 aromatic carbocycles. The first-order chi connectivity index (χ1) is 17.9. The van der Waals surface area contributed by atoms with Crippen LogP contribution in [0.2, 0.25) is 0 Å². The Kier molecular flexibility index (Phi) is 7.66. The van der Waals surface area contributed by atoms with E-state index >= 15 is 0 Å². The molecule has 2 N–H and O–H groups in total. The van der Waals surface area contributed by atoms with Crippen LogP contribution in [0.3, 0.4) is 0 Å². The number of nitrogens with one attached hydrogen (secondary N) is 1. The molecule has 10 nitrogen and oxygen atoms in total. The Morgan fingerprint density at radius 1 is 1.11 bits per heavy atom. The summed E-state index contributed by atoms with van der Waals surface area (Å²) in [5, 5.41) is 13.6. The molecule has 0 saturated heterocycles. The molecule has 2 heterocycles. The van der Waals surface area contributed by atoms with Gasteiger partial charge < -0.3 is 33.6 Å². The van der Waals surface area contributed by atoms with Crippen molar-refractivity contribution in [2.24, 2.45) is 0 Å². The molecule has 0 aliphatic carbocycles. The summed E-state index contributed by atoms with van der Waals surface area (Å²) >= 11 is 0. The molecule has 0 unspecified atom stereocenters. The standard InChI is InChI=1S/C27H29N3O7/c1-16-13-21(31)24(27(33)37-16)18(17-9-10-22(34-2)26(36-4)25(17)35-3)14-23(32)28-11-12-30-15-29-19-7-5-6-8-20(19)30/h5-10,13,15,18,31H,11-12,14H2,1-4H3,(H,28,32)/t18-/m1/s1. The van der Waals surface area contributed by atoms with Crippen molar-refractivity contribution in [3.8, 4) is 23.0 Å². The summed E-state index contributed by atoms with van der Waals surface area (Å²) < 4.78 is 23.7. The monoisotopic (exact) mass is 507 g/mol. The van der Waals surface area contributed by atoms with E-state index in [1.807, 2.05) is 28.8 Å². The number of methoxy groups -OCH3 is 3. The maximum Gasteiger partial charge on any atom is 0.343 e. The number of hydrogen-bond donors (Lipinski definition) is 2. The number of carbonyl (C=O) groups excluding carboxylic acids is 1. The van der Waals surface area contributed by atoms with Gasteiger partial charge in [-0.05, 0) is 25.1 Å². The quantitative estimate of drug-likeness (QED) is 0.335. The second-order valence-electron chi connectivity index (χ2n) is 8.40. The van der Waals surface area contributed by atoms with Gasteiger partial charge in [-0.1, -0.05) is 18.2 Å². The van der Waals surface area contributed by atoms with Crippen molar-refractivity contribution < 1.29 is 28.5 Å². The van der Waals surface area contributed by atoms with Crippen LogP contribution in [0, 0.1) is 6.92 Å². The second kappa shape index (κ2) is 11.1. The van der Waals surface area contributed by atoms with Crippen LogP contribution in [0.25, 0.3) is 11.0 Å². The zero-order chi connectivity index (χ0) is 26.5. The van der Waals surface area contributed by atoms with Gasteiger partial charge in [0.1, 0.15) is 11.5 Å². The predicted octanol–water partition coefficient (Wildman–Crippen LogP) is 3.37. The molecule has 0 radical (unpaired) electrons. The summed E-state index contributed by atoms with van der Waals surface area (Å²) in [5.41, 5.74) is 1.51. The van der Waals surface area contributed by atoms with E-state index in [2.05, 4.69) is 10.3 Å². The van der Waals surface area contributed by atoms with Gasteiger partial charge in [-0.15, -0.1) is 0 Å². The SMILES string of the molecule is COc1ccc([C@@H](CC(=O)NCCn2cnc3ccccc32)c2c(O)cc(C)oc2=O)c(OC)c1OC. The Morgan fingerprint density at radius 2 is 1.86 bits per heavy atom. The van der Waals surface area contributed by atoms with Crippen LogP contribution >= 0.6 is 0 Å². The topological polar surface area (TPSA) is 125 Å². The molecule has 0 fully saturated rings. The minimum absolute atomic E-state index is 0.0492. The lowest BCUT2D eigenvalue weighted by Gasteiger charge is -2.22. The maximum absolute atomic E-state index is 13.1. The average Bonchev–Trinajstić information content (AvgIpc) is 3.29. The minimum atomic E-state index is -0.888. The summed E-state index contributed by atoms with van der Waals surface area (Å²) in [6.07, 6.45) is 1.57. The number of amides is 1. The number of para-hydroxylation sites is 2. The first-order valence-corrected chi connectivity index (χ1v) is 11.7. The highest BCUT2D eigenvalue weighted by Gasteiger charge is 2.30. The van der Waals surface area contributed by atoms with Crippen LogP contribution in [0.5, 0.6) is 23.0 Å². The number of ether oxygens (including phenoxy) is 3. The van der Waals surface area contributed by atoms with Gasteiger partial charge in [0, 0.05) is 37.1 Å². The van der Waals surface area contributed by atoms with Crippen LogP contribution in [0.15, 0.2) is 58.0 Å². The van der Waals surface area contributed by atoms with Crippen LogP contribution in [0.1, 0.15) is 29.2 Å². The molecule has 1 amide bonds. The maximum atomic E-state index is 13.1. The number of hydrogen-bond acceptors (Lipinski definition) is 8. The molecule has 1 atom stereocenters. The number of carbonyl (C=O) groups is 1. The van der Waals surface area contributed by atoms with Crippen LogP contribution in [-0.4, -0.2) is 48.4 Å². The van der Waals surface area contributed by atoms with Gasteiger partial charge >= 0.3 is 5.63 Å². The largest absolute Gasteiger partial charge is 0.507 e. The van der Waals surface area contributed by atoms with E-state index in [9.17, 15) is 14.7 Å². The number of imidazole rings is 1. The normalized spacial score (nSPS) is 11.8. The molecule has 4 aromatic rings. The zero-order valence-electron chi connectivity index (χ0n) is 21.1. The van der Waals surface area contributed by atoms with E-state index in [1.165, 1.54) is 27.4 Å². The number of fused-ring (bicyclic) bond motifs is 1. The van der Waals surface area contributed by atoms with Gasteiger partial charge in [0.15, 0.2) is 11.5 Å². The van der Waals surface area contributed by atoms with Gasteiger partial charge in [-0.2, -0.15) is 0 Å². The lowest BCUT2D eigenvalue weighted by atomic mass is 9.87. The van der Waals surface area contributed by atoms with Crippen LogP contribution in [-0.2, 0) is 11.3 Å². The number of aryl methyl sites for hydroxylation is 1. The number of nitrogens with zero attached hydrogens (tertiary/aromatic N) is 2. The Bertz CT molecular complexity index is 1470. The Hall–Kier alpha value is -4.47. The molecule has 0 bridgehead atoms. The number of benzene rings is 2. The second-order valence-corrected chi connectivity index (χ2v) is 8.40. The fraction of sp³-hybridized carbons (Fsp3) is 0.296. The van der Waals surface area contributed by atoms with Crippen molar-refractivity contribution in [3.05, 3.63) is 76.1 Å². The number of aromatic hydroxyl groups is 1. The number of aromatic nitrogens is 2. The van der Waals surface area contributed by atoms with Gasteiger partial charge in [0.25, 0.3) is 0 Å². The fourth-order valence-corrected chi connectivity index (χ4v) is 4.45.